The molecule has 30 heavy (non-hydrogen) atoms. The van der Waals surface area contributed by atoms with E-state index in [9.17, 15) is 4.79 Å². The SMILES string of the molecule is COc1cc(CNC(=O)C2(c3cc(-c4ccccc4)on3)CC2)cc(OC)c1OC. The molecule has 1 amide bonds. The monoisotopic (exact) mass is 408 g/mol. The summed E-state index contributed by atoms with van der Waals surface area (Å²) in [6, 6.07) is 15.2. The lowest BCUT2D eigenvalue weighted by Crippen LogP contribution is -2.34. The van der Waals surface area contributed by atoms with Gasteiger partial charge in [0.2, 0.25) is 11.7 Å². The molecule has 1 heterocycles. The van der Waals surface area contributed by atoms with Crippen molar-refractivity contribution < 1.29 is 23.5 Å². The van der Waals surface area contributed by atoms with Crippen molar-refractivity contribution in [3.05, 3.63) is 59.8 Å². The number of hydrogen-bond acceptors (Lipinski definition) is 6. The average Bonchev–Trinajstić information content (AvgIpc) is 3.46. The molecular formula is C23H24N2O5. The van der Waals surface area contributed by atoms with Crippen molar-refractivity contribution in [2.75, 3.05) is 21.3 Å². The van der Waals surface area contributed by atoms with Crippen LogP contribution in [0.15, 0.2) is 53.1 Å². The molecular weight excluding hydrogens is 384 g/mol. The Morgan fingerprint density at radius 1 is 1.03 bits per heavy atom. The molecule has 156 valence electrons. The molecule has 0 radical (unpaired) electrons. The Hall–Kier alpha value is -3.48. The summed E-state index contributed by atoms with van der Waals surface area (Å²) in [5.74, 6) is 2.21. The second-order valence-corrected chi connectivity index (χ2v) is 7.24. The van der Waals surface area contributed by atoms with Crippen LogP contribution in [-0.4, -0.2) is 32.4 Å². The minimum Gasteiger partial charge on any atom is -0.493 e. The first-order valence-electron chi connectivity index (χ1n) is 9.71. The van der Waals surface area contributed by atoms with Gasteiger partial charge in [-0.2, -0.15) is 0 Å². The third kappa shape index (κ3) is 3.58. The summed E-state index contributed by atoms with van der Waals surface area (Å²) in [5.41, 5.74) is 1.82. The Labute approximate surface area is 174 Å². The number of aromatic nitrogens is 1. The van der Waals surface area contributed by atoms with Crippen molar-refractivity contribution in [3.8, 4) is 28.6 Å². The lowest BCUT2D eigenvalue weighted by atomic mass is 10.00. The number of hydrogen-bond donors (Lipinski definition) is 1. The van der Waals surface area contributed by atoms with E-state index in [1.165, 1.54) is 0 Å². The predicted molar refractivity (Wildman–Crippen MR) is 111 cm³/mol. The molecule has 0 bridgehead atoms. The zero-order valence-electron chi connectivity index (χ0n) is 17.2. The Morgan fingerprint density at radius 3 is 2.27 bits per heavy atom. The van der Waals surface area contributed by atoms with Crippen LogP contribution in [0.3, 0.4) is 0 Å². The van der Waals surface area contributed by atoms with E-state index in [2.05, 4.69) is 10.5 Å². The molecule has 4 rings (SSSR count). The van der Waals surface area contributed by atoms with Gasteiger partial charge in [0.1, 0.15) is 0 Å². The Balaban J connectivity index is 1.49. The molecule has 1 aliphatic rings. The first-order chi connectivity index (χ1) is 14.6. The number of carbonyl (C=O) groups is 1. The molecule has 0 aliphatic heterocycles. The second-order valence-electron chi connectivity index (χ2n) is 7.24. The van der Waals surface area contributed by atoms with E-state index < -0.39 is 5.41 Å². The molecule has 0 spiro atoms. The largest absolute Gasteiger partial charge is 0.493 e. The van der Waals surface area contributed by atoms with Crippen molar-refractivity contribution in [1.82, 2.24) is 10.5 Å². The summed E-state index contributed by atoms with van der Waals surface area (Å²) in [7, 11) is 4.68. The molecule has 7 heteroatoms. The predicted octanol–water partition coefficient (Wildman–Crippen LogP) is 3.72. The highest BCUT2D eigenvalue weighted by Gasteiger charge is 2.53. The minimum atomic E-state index is -0.628. The van der Waals surface area contributed by atoms with Crippen LogP contribution in [0.2, 0.25) is 0 Å². The smallest absolute Gasteiger partial charge is 0.232 e. The number of amides is 1. The maximum absolute atomic E-state index is 13.0. The molecule has 3 aromatic rings. The Morgan fingerprint density at radius 2 is 1.70 bits per heavy atom. The topological polar surface area (TPSA) is 82.8 Å². The fraction of sp³-hybridized carbons (Fsp3) is 0.304. The molecule has 1 aromatic heterocycles. The third-order valence-electron chi connectivity index (χ3n) is 5.42. The van der Waals surface area contributed by atoms with Crippen molar-refractivity contribution in [3.63, 3.8) is 0 Å². The standard InChI is InChI=1S/C23H24N2O5/c1-27-18-11-15(12-19(28-2)21(18)29-3)14-24-22(26)23(9-10-23)20-13-17(30-25-20)16-7-5-4-6-8-16/h4-8,11-13H,9-10,14H2,1-3H3,(H,24,26). The van der Waals surface area contributed by atoms with Crippen LogP contribution in [0.5, 0.6) is 17.2 Å². The summed E-state index contributed by atoms with van der Waals surface area (Å²) in [6.45, 7) is 0.334. The zero-order valence-corrected chi connectivity index (χ0v) is 17.2. The van der Waals surface area contributed by atoms with Crippen LogP contribution in [0.1, 0.15) is 24.1 Å². The highest BCUT2D eigenvalue weighted by atomic mass is 16.5. The third-order valence-corrected chi connectivity index (χ3v) is 5.42. The van der Waals surface area contributed by atoms with Gasteiger partial charge in [-0.1, -0.05) is 35.5 Å². The van der Waals surface area contributed by atoms with Crippen LogP contribution in [-0.2, 0) is 16.8 Å². The Bertz CT molecular complexity index is 1020. The van der Waals surface area contributed by atoms with E-state index in [0.717, 1.165) is 24.0 Å². The van der Waals surface area contributed by atoms with E-state index in [-0.39, 0.29) is 5.91 Å². The van der Waals surface area contributed by atoms with Gasteiger partial charge in [0, 0.05) is 18.2 Å². The Kier molecular flexibility index (Phi) is 5.35. The second kappa shape index (κ2) is 8.10. The lowest BCUT2D eigenvalue weighted by molar-refractivity contribution is -0.123. The maximum Gasteiger partial charge on any atom is 0.232 e. The normalized spacial score (nSPS) is 14.1. The van der Waals surface area contributed by atoms with Gasteiger partial charge >= 0.3 is 0 Å². The molecule has 0 saturated heterocycles. The fourth-order valence-corrected chi connectivity index (χ4v) is 3.55. The fourth-order valence-electron chi connectivity index (χ4n) is 3.55. The maximum atomic E-state index is 13.0. The molecule has 0 atom stereocenters. The lowest BCUT2D eigenvalue weighted by Gasteiger charge is -2.16. The number of rotatable bonds is 8. The summed E-state index contributed by atoms with van der Waals surface area (Å²) in [6.07, 6.45) is 1.49. The quantitative estimate of drug-likeness (QED) is 0.612. The van der Waals surface area contributed by atoms with E-state index in [1.54, 1.807) is 21.3 Å². The van der Waals surface area contributed by atoms with Gasteiger partial charge < -0.3 is 24.1 Å². The van der Waals surface area contributed by atoms with Gasteiger partial charge in [-0.05, 0) is 30.5 Å². The van der Waals surface area contributed by atoms with Crippen LogP contribution in [0.4, 0.5) is 0 Å². The highest BCUT2D eigenvalue weighted by Crippen LogP contribution is 2.48. The van der Waals surface area contributed by atoms with Gasteiger partial charge in [-0.25, -0.2) is 0 Å². The molecule has 7 nitrogen and oxygen atoms in total. The summed E-state index contributed by atoms with van der Waals surface area (Å²) in [5, 5.41) is 7.20. The number of methoxy groups -OCH3 is 3. The number of carbonyl (C=O) groups excluding carboxylic acids is 1. The van der Waals surface area contributed by atoms with Gasteiger partial charge in [-0.3, -0.25) is 4.79 Å². The zero-order chi connectivity index (χ0) is 21.1. The average molecular weight is 408 g/mol. The number of nitrogens with one attached hydrogen (secondary N) is 1. The number of nitrogens with zero attached hydrogens (tertiary/aromatic N) is 1. The summed E-state index contributed by atoms with van der Waals surface area (Å²) >= 11 is 0. The minimum absolute atomic E-state index is 0.0656. The van der Waals surface area contributed by atoms with Crippen molar-refractivity contribution >= 4 is 5.91 Å². The van der Waals surface area contributed by atoms with E-state index >= 15 is 0 Å². The van der Waals surface area contributed by atoms with Gasteiger partial charge in [0.25, 0.3) is 0 Å². The van der Waals surface area contributed by atoms with Crippen LogP contribution >= 0.6 is 0 Å². The van der Waals surface area contributed by atoms with Crippen LogP contribution < -0.4 is 19.5 Å². The molecule has 1 aliphatic carbocycles. The molecule has 1 N–H and O–H groups in total. The number of ether oxygens (including phenoxy) is 3. The van der Waals surface area contributed by atoms with Gasteiger partial charge in [0.15, 0.2) is 17.3 Å². The van der Waals surface area contributed by atoms with Gasteiger partial charge in [-0.15, -0.1) is 0 Å². The number of benzene rings is 2. The van der Waals surface area contributed by atoms with Crippen molar-refractivity contribution in [2.45, 2.75) is 24.8 Å². The van der Waals surface area contributed by atoms with Crippen molar-refractivity contribution in [1.29, 1.82) is 0 Å². The van der Waals surface area contributed by atoms with E-state index in [4.69, 9.17) is 18.7 Å². The summed E-state index contributed by atoms with van der Waals surface area (Å²) < 4.78 is 21.6. The van der Waals surface area contributed by atoms with E-state index in [1.807, 2.05) is 48.5 Å². The van der Waals surface area contributed by atoms with Crippen molar-refractivity contribution in [2.24, 2.45) is 0 Å². The highest BCUT2D eigenvalue weighted by molar-refractivity contribution is 5.91. The van der Waals surface area contributed by atoms with Crippen LogP contribution in [0.25, 0.3) is 11.3 Å². The first kappa shape index (κ1) is 19.8. The van der Waals surface area contributed by atoms with E-state index in [0.29, 0.717) is 35.2 Å². The first-order valence-corrected chi connectivity index (χ1v) is 9.71. The molecule has 0 unspecified atom stereocenters. The molecule has 1 saturated carbocycles. The molecule has 1 fully saturated rings. The summed E-state index contributed by atoms with van der Waals surface area (Å²) in [4.78, 5) is 13.0. The molecule has 2 aromatic carbocycles. The van der Waals surface area contributed by atoms with Gasteiger partial charge in [0.05, 0.1) is 32.4 Å². The van der Waals surface area contributed by atoms with Crippen LogP contribution in [0, 0.1) is 0 Å².